The number of aryl methyl sites for hydroxylation is 1. The first-order valence-corrected chi connectivity index (χ1v) is 8.31. The third-order valence-electron chi connectivity index (χ3n) is 4.45. The van der Waals surface area contributed by atoms with E-state index in [1.807, 2.05) is 12.1 Å². The normalized spacial score (nSPS) is 15.7. The minimum atomic E-state index is -0.300. The topological polar surface area (TPSA) is 49.4 Å². The van der Waals surface area contributed by atoms with Crippen molar-refractivity contribution in [2.75, 3.05) is 13.6 Å². The Morgan fingerprint density at radius 1 is 1.21 bits per heavy atom. The summed E-state index contributed by atoms with van der Waals surface area (Å²) in [5.74, 6) is -0.404. The summed E-state index contributed by atoms with van der Waals surface area (Å²) in [6.07, 6.45) is 1.90. The first-order chi connectivity index (χ1) is 11.6. The summed E-state index contributed by atoms with van der Waals surface area (Å²) < 4.78 is 0. The van der Waals surface area contributed by atoms with Crippen LogP contribution in [0.3, 0.4) is 0 Å². The van der Waals surface area contributed by atoms with Gasteiger partial charge >= 0.3 is 0 Å². The highest BCUT2D eigenvalue weighted by Crippen LogP contribution is 2.34. The first-order valence-electron chi connectivity index (χ1n) is 7.93. The zero-order chi connectivity index (χ0) is 17.1. The second-order valence-electron chi connectivity index (χ2n) is 5.95. The Morgan fingerprint density at radius 2 is 2.00 bits per heavy atom. The van der Waals surface area contributed by atoms with Crippen molar-refractivity contribution in [2.24, 2.45) is 0 Å². The third-order valence-corrected chi connectivity index (χ3v) is 4.68. The van der Waals surface area contributed by atoms with Gasteiger partial charge in [0.15, 0.2) is 0 Å². The number of nitrogens with one attached hydrogen (secondary N) is 1. The van der Waals surface area contributed by atoms with Gasteiger partial charge in [0.05, 0.1) is 12.6 Å². The predicted octanol–water partition coefficient (Wildman–Crippen LogP) is 3.22. The number of hydrogen-bond acceptors (Lipinski definition) is 2. The summed E-state index contributed by atoms with van der Waals surface area (Å²) in [4.78, 5) is 26.3. The summed E-state index contributed by atoms with van der Waals surface area (Å²) in [5, 5.41) is 3.16. The number of benzene rings is 2. The Labute approximate surface area is 146 Å². The Bertz CT molecular complexity index is 775. The molecule has 0 aromatic heterocycles. The second kappa shape index (κ2) is 7.05. The van der Waals surface area contributed by atoms with Crippen LogP contribution in [0.1, 0.15) is 33.9 Å². The molecule has 0 aliphatic heterocycles. The number of hydrogen-bond donors (Lipinski definition) is 1. The number of likely N-dealkylation sites (N-methyl/N-ethyl adjacent to an activating group) is 1. The van der Waals surface area contributed by atoms with E-state index in [2.05, 4.69) is 17.4 Å². The van der Waals surface area contributed by atoms with Crippen LogP contribution >= 0.6 is 11.6 Å². The molecule has 0 bridgehead atoms. The molecule has 1 aliphatic carbocycles. The van der Waals surface area contributed by atoms with Crippen LogP contribution in [-0.2, 0) is 11.2 Å². The van der Waals surface area contributed by atoms with Crippen LogP contribution in [0.2, 0.25) is 5.02 Å². The van der Waals surface area contributed by atoms with Gasteiger partial charge in [-0.25, -0.2) is 0 Å². The van der Waals surface area contributed by atoms with E-state index in [0.717, 1.165) is 12.8 Å². The van der Waals surface area contributed by atoms with Crippen LogP contribution in [-0.4, -0.2) is 30.3 Å². The molecule has 1 aliphatic rings. The van der Waals surface area contributed by atoms with Gasteiger partial charge < -0.3 is 10.2 Å². The molecular weight excluding hydrogens is 324 g/mol. The van der Waals surface area contributed by atoms with Gasteiger partial charge in [0.25, 0.3) is 5.91 Å². The Morgan fingerprint density at radius 3 is 2.79 bits per heavy atom. The number of nitrogens with zero attached hydrogens (tertiary/aromatic N) is 1. The van der Waals surface area contributed by atoms with Gasteiger partial charge in [-0.2, -0.15) is 0 Å². The van der Waals surface area contributed by atoms with Crippen LogP contribution in [0.15, 0.2) is 48.5 Å². The summed E-state index contributed by atoms with van der Waals surface area (Å²) in [7, 11) is 1.79. The fraction of sp³-hybridized carbons (Fsp3) is 0.263. The lowest BCUT2D eigenvalue weighted by molar-refractivity contribution is -0.131. The van der Waals surface area contributed by atoms with Crippen LogP contribution in [0.25, 0.3) is 0 Å². The number of carbonyl (C=O) groups is 2. The number of rotatable bonds is 4. The Balaban J connectivity index is 1.60. The van der Waals surface area contributed by atoms with E-state index in [1.54, 1.807) is 36.2 Å². The van der Waals surface area contributed by atoms with Gasteiger partial charge in [-0.05, 0) is 42.2 Å². The molecule has 0 saturated carbocycles. The maximum atomic E-state index is 12.4. The van der Waals surface area contributed by atoms with Crippen LogP contribution < -0.4 is 5.32 Å². The molecule has 24 heavy (non-hydrogen) atoms. The maximum absolute atomic E-state index is 12.4. The maximum Gasteiger partial charge on any atom is 0.251 e. The van der Waals surface area contributed by atoms with Crippen molar-refractivity contribution < 1.29 is 9.59 Å². The summed E-state index contributed by atoms with van der Waals surface area (Å²) >= 11 is 5.88. The zero-order valence-electron chi connectivity index (χ0n) is 13.5. The fourth-order valence-corrected chi connectivity index (χ4v) is 3.31. The molecule has 0 heterocycles. The Kier molecular flexibility index (Phi) is 4.86. The van der Waals surface area contributed by atoms with Crippen molar-refractivity contribution in [3.63, 3.8) is 0 Å². The molecule has 5 heteroatoms. The lowest BCUT2D eigenvalue weighted by Gasteiger charge is -2.25. The lowest BCUT2D eigenvalue weighted by atomic mass is 10.1. The molecule has 3 rings (SSSR count). The van der Waals surface area contributed by atoms with Crippen molar-refractivity contribution in [1.82, 2.24) is 10.2 Å². The van der Waals surface area contributed by atoms with Crippen molar-refractivity contribution in [3.8, 4) is 0 Å². The molecule has 1 unspecified atom stereocenters. The fourth-order valence-electron chi connectivity index (χ4n) is 3.12. The van der Waals surface area contributed by atoms with E-state index >= 15 is 0 Å². The summed E-state index contributed by atoms with van der Waals surface area (Å²) in [5.41, 5.74) is 2.95. The minimum Gasteiger partial charge on any atom is -0.343 e. The monoisotopic (exact) mass is 342 g/mol. The number of halogens is 1. The zero-order valence-corrected chi connectivity index (χ0v) is 14.2. The molecule has 1 atom stereocenters. The molecule has 0 saturated heterocycles. The minimum absolute atomic E-state index is 0.0273. The number of carbonyl (C=O) groups excluding carboxylic acids is 2. The van der Waals surface area contributed by atoms with E-state index in [4.69, 9.17) is 11.6 Å². The average molecular weight is 343 g/mol. The van der Waals surface area contributed by atoms with E-state index in [9.17, 15) is 9.59 Å². The van der Waals surface area contributed by atoms with Crippen molar-refractivity contribution in [3.05, 3.63) is 70.2 Å². The average Bonchev–Trinajstić information content (AvgIpc) is 3.02. The van der Waals surface area contributed by atoms with Gasteiger partial charge in [0, 0.05) is 17.6 Å². The molecule has 2 aromatic rings. The highest BCUT2D eigenvalue weighted by Gasteiger charge is 2.28. The van der Waals surface area contributed by atoms with Crippen molar-refractivity contribution in [2.45, 2.75) is 18.9 Å². The smallest absolute Gasteiger partial charge is 0.251 e. The molecule has 0 radical (unpaired) electrons. The second-order valence-corrected chi connectivity index (χ2v) is 6.39. The number of amides is 2. The quantitative estimate of drug-likeness (QED) is 0.927. The van der Waals surface area contributed by atoms with Gasteiger partial charge in [-0.15, -0.1) is 0 Å². The molecule has 124 valence electrons. The van der Waals surface area contributed by atoms with E-state index < -0.39 is 0 Å². The molecule has 2 amide bonds. The third kappa shape index (κ3) is 3.44. The highest BCUT2D eigenvalue weighted by molar-refractivity contribution is 6.30. The van der Waals surface area contributed by atoms with Crippen molar-refractivity contribution in [1.29, 1.82) is 0 Å². The van der Waals surface area contributed by atoms with Gasteiger partial charge in [-0.3, -0.25) is 9.59 Å². The van der Waals surface area contributed by atoms with E-state index in [0.29, 0.717) is 10.6 Å². The SMILES string of the molecule is CN(C(=O)CNC(=O)c1cccc(Cl)c1)C1CCc2ccccc21. The molecule has 0 fully saturated rings. The predicted molar refractivity (Wildman–Crippen MR) is 94.1 cm³/mol. The molecule has 4 nitrogen and oxygen atoms in total. The summed E-state index contributed by atoms with van der Waals surface area (Å²) in [6.45, 7) is -0.0273. The Hall–Kier alpha value is -2.33. The molecule has 2 aromatic carbocycles. The molecule has 0 spiro atoms. The van der Waals surface area contributed by atoms with Crippen LogP contribution in [0.4, 0.5) is 0 Å². The van der Waals surface area contributed by atoms with Crippen LogP contribution in [0, 0.1) is 0 Å². The largest absolute Gasteiger partial charge is 0.343 e. The van der Waals surface area contributed by atoms with Gasteiger partial charge in [0.1, 0.15) is 0 Å². The lowest BCUT2D eigenvalue weighted by Crippen LogP contribution is -2.39. The van der Waals surface area contributed by atoms with E-state index in [1.165, 1.54) is 11.1 Å². The highest BCUT2D eigenvalue weighted by atomic mass is 35.5. The van der Waals surface area contributed by atoms with Gasteiger partial charge in [-0.1, -0.05) is 41.9 Å². The van der Waals surface area contributed by atoms with Crippen molar-refractivity contribution >= 4 is 23.4 Å². The standard InChI is InChI=1S/C19H19ClN2O2/c1-22(17-10-9-13-5-2-3-8-16(13)17)18(23)12-21-19(24)14-6-4-7-15(20)11-14/h2-8,11,17H,9-10,12H2,1H3,(H,21,24). The van der Waals surface area contributed by atoms with Crippen LogP contribution in [0.5, 0.6) is 0 Å². The molecular formula is C19H19ClN2O2. The summed E-state index contributed by atoms with van der Waals surface area (Å²) in [6, 6.07) is 14.9. The molecule has 1 N–H and O–H groups in total. The first kappa shape index (κ1) is 16.5. The number of fused-ring (bicyclic) bond motifs is 1. The van der Waals surface area contributed by atoms with E-state index in [-0.39, 0.29) is 24.4 Å². The van der Waals surface area contributed by atoms with Gasteiger partial charge in [0.2, 0.25) is 5.91 Å².